The Bertz CT molecular complexity index is 684. The highest BCUT2D eigenvalue weighted by molar-refractivity contribution is 5.93. The van der Waals surface area contributed by atoms with Gasteiger partial charge in [0, 0.05) is 31.2 Å². The van der Waals surface area contributed by atoms with Crippen molar-refractivity contribution in [2.45, 2.75) is 39.0 Å². The molecule has 1 aliphatic rings. The highest BCUT2D eigenvalue weighted by Gasteiger charge is 2.20. The van der Waals surface area contributed by atoms with Crippen LogP contribution >= 0.6 is 0 Å². The summed E-state index contributed by atoms with van der Waals surface area (Å²) < 4.78 is 0. The van der Waals surface area contributed by atoms with Gasteiger partial charge >= 0.3 is 0 Å². The molecular formula is C19H24N4O. The van der Waals surface area contributed by atoms with Crippen molar-refractivity contribution in [3.05, 3.63) is 47.8 Å². The standard InChI is InChI=1S/C19H24N4O/c1-2-3-6-11-20-18(24)16-13-21-19(22-14-16)23-12-7-9-15-8-4-5-10-17(15)23/h4-5,8,10,13-14H,2-3,6-7,9,11-12H2,1H3,(H,20,24). The van der Waals surface area contributed by atoms with Gasteiger partial charge in [0.1, 0.15) is 0 Å². The second kappa shape index (κ2) is 7.90. The van der Waals surface area contributed by atoms with Crippen molar-refractivity contribution in [3.63, 3.8) is 0 Å². The van der Waals surface area contributed by atoms with E-state index in [0.717, 1.165) is 38.6 Å². The van der Waals surface area contributed by atoms with Gasteiger partial charge in [-0.1, -0.05) is 38.0 Å². The van der Waals surface area contributed by atoms with Crippen LogP contribution in [0.2, 0.25) is 0 Å². The zero-order valence-corrected chi connectivity index (χ0v) is 14.2. The quantitative estimate of drug-likeness (QED) is 0.827. The Labute approximate surface area is 143 Å². The highest BCUT2D eigenvalue weighted by Crippen LogP contribution is 2.30. The van der Waals surface area contributed by atoms with Crippen molar-refractivity contribution in [1.82, 2.24) is 15.3 Å². The molecule has 1 amide bonds. The monoisotopic (exact) mass is 324 g/mol. The minimum Gasteiger partial charge on any atom is -0.352 e. The maximum atomic E-state index is 12.1. The number of hydrogen-bond acceptors (Lipinski definition) is 4. The molecule has 0 radical (unpaired) electrons. The van der Waals surface area contributed by atoms with Crippen LogP contribution in [0.3, 0.4) is 0 Å². The molecule has 0 saturated heterocycles. The Kier molecular flexibility index (Phi) is 5.41. The third-order valence-electron chi connectivity index (χ3n) is 4.32. The lowest BCUT2D eigenvalue weighted by molar-refractivity contribution is 0.0952. The molecule has 1 aliphatic heterocycles. The summed E-state index contributed by atoms with van der Waals surface area (Å²) >= 11 is 0. The number of unbranched alkanes of at least 4 members (excludes halogenated alkanes) is 2. The second-order valence-electron chi connectivity index (χ2n) is 6.12. The van der Waals surface area contributed by atoms with Crippen LogP contribution in [-0.2, 0) is 6.42 Å². The normalized spacial score (nSPS) is 13.5. The molecule has 126 valence electrons. The number of para-hydroxylation sites is 1. The van der Waals surface area contributed by atoms with E-state index in [0.29, 0.717) is 18.1 Å². The van der Waals surface area contributed by atoms with Crippen LogP contribution in [0, 0.1) is 0 Å². The van der Waals surface area contributed by atoms with Gasteiger partial charge in [-0.05, 0) is 30.9 Å². The van der Waals surface area contributed by atoms with Crippen LogP contribution in [-0.4, -0.2) is 29.0 Å². The van der Waals surface area contributed by atoms with Crippen molar-refractivity contribution in [3.8, 4) is 0 Å². The number of rotatable bonds is 6. The lowest BCUT2D eigenvalue weighted by Crippen LogP contribution is -2.27. The Morgan fingerprint density at radius 1 is 1.21 bits per heavy atom. The first-order valence-corrected chi connectivity index (χ1v) is 8.75. The fourth-order valence-electron chi connectivity index (χ4n) is 3.00. The van der Waals surface area contributed by atoms with E-state index in [1.807, 2.05) is 6.07 Å². The number of benzene rings is 1. The predicted molar refractivity (Wildman–Crippen MR) is 95.7 cm³/mol. The number of nitrogens with one attached hydrogen (secondary N) is 1. The van der Waals surface area contributed by atoms with Gasteiger partial charge in [0.2, 0.25) is 5.95 Å². The summed E-state index contributed by atoms with van der Waals surface area (Å²) in [5.74, 6) is 0.557. The van der Waals surface area contributed by atoms with E-state index in [9.17, 15) is 4.79 Å². The van der Waals surface area contributed by atoms with Gasteiger partial charge < -0.3 is 10.2 Å². The van der Waals surface area contributed by atoms with Gasteiger partial charge in [0.05, 0.1) is 5.56 Å². The molecule has 0 saturated carbocycles. The molecule has 0 fully saturated rings. The molecule has 2 heterocycles. The number of aryl methyl sites for hydroxylation is 1. The Morgan fingerprint density at radius 3 is 2.79 bits per heavy atom. The molecule has 1 aromatic heterocycles. The summed E-state index contributed by atoms with van der Waals surface area (Å²) in [5.41, 5.74) is 3.01. The van der Waals surface area contributed by atoms with Crippen molar-refractivity contribution < 1.29 is 4.79 Å². The van der Waals surface area contributed by atoms with E-state index in [1.165, 1.54) is 11.3 Å². The molecule has 1 aromatic carbocycles. The Balaban J connectivity index is 1.68. The van der Waals surface area contributed by atoms with Gasteiger partial charge in [-0.3, -0.25) is 4.79 Å². The first-order chi connectivity index (χ1) is 11.8. The second-order valence-corrected chi connectivity index (χ2v) is 6.12. The van der Waals surface area contributed by atoms with E-state index >= 15 is 0 Å². The van der Waals surface area contributed by atoms with Crippen LogP contribution < -0.4 is 10.2 Å². The number of hydrogen-bond donors (Lipinski definition) is 1. The molecule has 24 heavy (non-hydrogen) atoms. The minimum atomic E-state index is -0.100. The van der Waals surface area contributed by atoms with Crippen LogP contribution in [0.4, 0.5) is 11.6 Å². The van der Waals surface area contributed by atoms with Crippen molar-refractivity contribution in [1.29, 1.82) is 0 Å². The summed E-state index contributed by atoms with van der Waals surface area (Å²) in [6.45, 7) is 3.75. The number of anilines is 2. The molecule has 0 unspecified atom stereocenters. The van der Waals surface area contributed by atoms with Gasteiger partial charge in [0.25, 0.3) is 5.91 Å². The number of nitrogens with zero attached hydrogens (tertiary/aromatic N) is 3. The minimum absolute atomic E-state index is 0.100. The van der Waals surface area contributed by atoms with Crippen molar-refractivity contribution in [2.75, 3.05) is 18.0 Å². The lowest BCUT2D eigenvalue weighted by atomic mass is 10.0. The van der Waals surface area contributed by atoms with Crippen molar-refractivity contribution >= 4 is 17.5 Å². The zero-order chi connectivity index (χ0) is 16.8. The van der Waals surface area contributed by atoms with Crippen LogP contribution in [0.25, 0.3) is 0 Å². The first kappa shape index (κ1) is 16.4. The Morgan fingerprint density at radius 2 is 2.00 bits per heavy atom. The number of fused-ring (bicyclic) bond motifs is 1. The number of carbonyl (C=O) groups is 1. The molecule has 0 bridgehead atoms. The zero-order valence-electron chi connectivity index (χ0n) is 14.2. The topological polar surface area (TPSA) is 58.1 Å². The molecule has 0 spiro atoms. The fourth-order valence-corrected chi connectivity index (χ4v) is 3.00. The van der Waals surface area contributed by atoms with E-state index in [2.05, 4.69) is 45.3 Å². The Hall–Kier alpha value is -2.43. The third-order valence-corrected chi connectivity index (χ3v) is 4.32. The van der Waals surface area contributed by atoms with E-state index < -0.39 is 0 Å². The van der Waals surface area contributed by atoms with Crippen LogP contribution in [0.1, 0.15) is 48.5 Å². The number of carbonyl (C=O) groups excluding carboxylic acids is 1. The molecule has 5 heteroatoms. The summed E-state index contributed by atoms with van der Waals surface area (Å²) in [4.78, 5) is 23.1. The average molecular weight is 324 g/mol. The molecule has 0 aliphatic carbocycles. The predicted octanol–water partition coefficient (Wildman–Crippen LogP) is 3.48. The van der Waals surface area contributed by atoms with E-state index in [1.54, 1.807) is 12.4 Å². The highest BCUT2D eigenvalue weighted by atomic mass is 16.1. The molecular weight excluding hydrogens is 300 g/mol. The van der Waals surface area contributed by atoms with Crippen molar-refractivity contribution in [2.24, 2.45) is 0 Å². The maximum absolute atomic E-state index is 12.1. The molecule has 3 rings (SSSR count). The van der Waals surface area contributed by atoms with Crippen LogP contribution in [0.5, 0.6) is 0 Å². The fraction of sp³-hybridized carbons (Fsp3) is 0.421. The molecule has 5 nitrogen and oxygen atoms in total. The van der Waals surface area contributed by atoms with Gasteiger partial charge in [-0.15, -0.1) is 0 Å². The van der Waals surface area contributed by atoms with Crippen LogP contribution in [0.15, 0.2) is 36.7 Å². The maximum Gasteiger partial charge on any atom is 0.254 e. The smallest absolute Gasteiger partial charge is 0.254 e. The summed E-state index contributed by atoms with van der Waals surface area (Å²) in [5, 5.41) is 2.92. The summed E-state index contributed by atoms with van der Waals surface area (Å²) in [6, 6.07) is 8.36. The number of amides is 1. The lowest BCUT2D eigenvalue weighted by Gasteiger charge is -2.29. The molecule has 1 N–H and O–H groups in total. The molecule has 0 atom stereocenters. The van der Waals surface area contributed by atoms with E-state index in [4.69, 9.17) is 0 Å². The van der Waals surface area contributed by atoms with E-state index in [-0.39, 0.29) is 5.91 Å². The first-order valence-electron chi connectivity index (χ1n) is 8.75. The number of aromatic nitrogens is 2. The summed E-state index contributed by atoms with van der Waals surface area (Å²) in [7, 11) is 0. The van der Waals surface area contributed by atoms with Gasteiger partial charge in [0.15, 0.2) is 0 Å². The SMILES string of the molecule is CCCCCNC(=O)c1cnc(N2CCCc3ccccc32)nc1. The summed E-state index contributed by atoms with van der Waals surface area (Å²) in [6.07, 6.45) is 8.69. The van der Waals surface area contributed by atoms with Gasteiger partial charge in [-0.2, -0.15) is 0 Å². The molecule has 2 aromatic rings. The largest absolute Gasteiger partial charge is 0.352 e. The third kappa shape index (κ3) is 3.72. The average Bonchev–Trinajstić information content (AvgIpc) is 2.65. The van der Waals surface area contributed by atoms with Gasteiger partial charge in [-0.25, -0.2) is 9.97 Å².